The van der Waals surface area contributed by atoms with Gasteiger partial charge in [0.15, 0.2) is 5.13 Å². The van der Waals surface area contributed by atoms with Crippen molar-refractivity contribution in [3.63, 3.8) is 0 Å². The molecule has 2 aromatic rings. The molecule has 1 N–H and O–H groups in total. The molecule has 2 aromatic heterocycles. The molecule has 21 heavy (non-hydrogen) atoms. The van der Waals surface area contributed by atoms with E-state index in [0.717, 1.165) is 55.0 Å². The summed E-state index contributed by atoms with van der Waals surface area (Å²) in [5, 5.41) is 6.20. The molecule has 0 saturated carbocycles. The maximum absolute atomic E-state index is 12.5. The lowest BCUT2D eigenvalue weighted by Crippen LogP contribution is -2.22. The lowest BCUT2D eigenvalue weighted by Gasteiger charge is -2.08. The second-order valence-electron chi connectivity index (χ2n) is 5.57. The van der Waals surface area contributed by atoms with Crippen LogP contribution < -0.4 is 10.9 Å². The highest BCUT2D eigenvalue weighted by atomic mass is 32.1. The summed E-state index contributed by atoms with van der Waals surface area (Å²) in [6, 6.07) is 2.05. The fraction of sp³-hybridized carbons (Fsp3) is 0.500. The number of nitrogens with one attached hydrogen (secondary N) is 1. The second-order valence-corrected chi connectivity index (χ2v) is 6.42. The van der Waals surface area contributed by atoms with Gasteiger partial charge in [0.1, 0.15) is 0 Å². The zero-order valence-corrected chi connectivity index (χ0v) is 13.4. The van der Waals surface area contributed by atoms with Crippen LogP contribution in [-0.2, 0) is 19.9 Å². The van der Waals surface area contributed by atoms with Gasteiger partial charge in [-0.25, -0.2) is 4.98 Å². The SMILES string of the molecule is CCCCNc1nc(-c2cc3c(n(C)c2=O)CCC3)cs1. The number of hydrogen-bond donors (Lipinski definition) is 1. The van der Waals surface area contributed by atoms with Crippen LogP contribution in [0.1, 0.15) is 37.4 Å². The van der Waals surface area contributed by atoms with E-state index in [9.17, 15) is 4.79 Å². The Hall–Kier alpha value is -1.62. The highest BCUT2D eigenvalue weighted by molar-refractivity contribution is 7.14. The molecule has 0 spiro atoms. The largest absolute Gasteiger partial charge is 0.362 e. The van der Waals surface area contributed by atoms with Crippen LogP contribution in [0, 0.1) is 0 Å². The molecule has 0 radical (unpaired) electrons. The number of nitrogens with zero attached hydrogens (tertiary/aromatic N) is 2. The van der Waals surface area contributed by atoms with Crippen LogP contribution in [0.2, 0.25) is 0 Å². The standard InChI is InChI=1S/C16H21N3OS/c1-3-4-8-17-16-18-13(10-21-16)12-9-11-6-5-7-14(11)19(2)15(12)20/h9-10H,3-8H2,1-2H3,(H,17,18). The molecular weight excluding hydrogens is 282 g/mol. The van der Waals surface area contributed by atoms with Gasteiger partial charge in [-0.05, 0) is 37.3 Å². The van der Waals surface area contributed by atoms with Crippen LogP contribution in [0.5, 0.6) is 0 Å². The maximum atomic E-state index is 12.5. The molecule has 3 rings (SSSR count). The van der Waals surface area contributed by atoms with E-state index in [1.807, 2.05) is 12.4 Å². The predicted octanol–water partition coefficient (Wildman–Crippen LogP) is 3.21. The normalized spacial score (nSPS) is 13.4. The zero-order valence-electron chi connectivity index (χ0n) is 12.6. The molecule has 0 atom stereocenters. The van der Waals surface area contributed by atoms with Gasteiger partial charge in [0.25, 0.3) is 5.56 Å². The third-order valence-electron chi connectivity index (χ3n) is 4.08. The molecule has 1 aliphatic rings. The Morgan fingerprint density at radius 3 is 3.10 bits per heavy atom. The topological polar surface area (TPSA) is 46.9 Å². The van der Waals surface area contributed by atoms with E-state index in [0.29, 0.717) is 0 Å². The van der Waals surface area contributed by atoms with Crippen LogP contribution in [0.15, 0.2) is 16.2 Å². The minimum Gasteiger partial charge on any atom is -0.362 e. The van der Waals surface area contributed by atoms with Crippen molar-refractivity contribution in [1.82, 2.24) is 9.55 Å². The van der Waals surface area contributed by atoms with Crippen molar-refractivity contribution in [2.45, 2.75) is 39.0 Å². The van der Waals surface area contributed by atoms with E-state index in [-0.39, 0.29) is 5.56 Å². The lowest BCUT2D eigenvalue weighted by atomic mass is 10.1. The highest BCUT2D eigenvalue weighted by Crippen LogP contribution is 2.27. The summed E-state index contributed by atoms with van der Waals surface area (Å²) in [4.78, 5) is 17.1. The number of fused-ring (bicyclic) bond motifs is 1. The van der Waals surface area contributed by atoms with Gasteiger partial charge in [0, 0.05) is 24.7 Å². The van der Waals surface area contributed by atoms with E-state index in [1.165, 1.54) is 11.3 Å². The van der Waals surface area contributed by atoms with E-state index in [1.54, 1.807) is 15.9 Å². The van der Waals surface area contributed by atoms with Gasteiger partial charge in [-0.3, -0.25) is 4.79 Å². The molecule has 0 amide bonds. The van der Waals surface area contributed by atoms with Crippen LogP contribution >= 0.6 is 11.3 Å². The van der Waals surface area contributed by atoms with Crippen molar-refractivity contribution in [3.05, 3.63) is 33.1 Å². The molecule has 0 aliphatic heterocycles. The first-order valence-corrected chi connectivity index (χ1v) is 8.50. The molecular formula is C16H21N3OS. The van der Waals surface area contributed by atoms with Crippen LogP contribution in [-0.4, -0.2) is 16.1 Å². The molecule has 2 heterocycles. The Balaban J connectivity index is 1.91. The number of rotatable bonds is 5. The number of hydrogen-bond acceptors (Lipinski definition) is 4. The minimum absolute atomic E-state index is 0.0704. The average Bonchev–Trinajstić information content (AvgIpc) is 3.12. The fourth-order valence-electron chi connectivity index (χ4n) is 2.86. The summed E-state index contributed by atoms with van der Waals surface area (Å²) in [6.45, 7) is 3.11. The Morgan fingerprint density at radius 2 is 2.29 bits per heavy atom. The van der Waals surface area contributed by atoms with E-state index in [2.05, 4.69) is 23.3 Å². The molecule has 0 aromatic carbocycles. The third-order valence-corrected chi connectivity index (χ3v) is 4.88. The zero-order chi connectivity index (χ0) is 14.8. The summed E-state index contributed by atoms with van der Waals surface area (Å²) in [6.07, 6.45) is 5.53. The molecule has 1 aliphatic carbocycles. The van der Waals surface area contributed by atoms with Gasteiger partial charge >= 0.3 is 0 Å². The Labute approximate surface area is 128 Å². The van der Waals surface area contributed by atoms with Crippen LogP contribution in [0.4, 0.5) is 5.13 Å². The van der Waals surface area contributed by atoms with E-state index < -0.39 is 0 Å². The van der Waals surface area contributed by atoms with Gasteiger partial charge in [0.2, 0.25) is 0 Å². The smallest absolute Gasteiger partial charge is 0.259 e. The minimum atomic E-state index is 0.0704. The van der Waals surface area contributed by atoms with Crippen LogP contribution in [0.3, 0.4) is 0 Å². The fourth-order valence-corrected chi connectivity index (χ4v) is 3.60. The number of unbranched alkanes of at least 4 members (excludes halogenated alkanes) is 1. The molecule has 0 unspecified atom stereocenters. The summed E-state index contributed by atoms with van der Waals surface area (Å²) in [5.41, 5.74) is 4.11. The third kappa shape index (κ3) is 2.75. The number of thiazole rings is 1. The molecule has 0 saturated heterocycles. The van der Waals surface area contributed by atoms with Crippen molar-refractivity contribution < 1.29 is 0 Å². The first kappa shape index (κ1) is 14.3. The van der Waals surface area contributed by atoms with E-state index in [4.69, 9.17) is 0 Å². The summed E-state index contributed by atoms with van der Waals surface area (Å²) >= 11 is 1.57. The van der Waals surface area contributed by atoms with Gasteiger partial charge in [-0.1, -0.05) is 13.3 Å². The van der Waals surface area contributed by atoms with Crippen molar-refractivity contribution in [1.29, 1.82) is 0 Å². The van der Waals surface area contributed by atoms with Gasteiger partial charge in [0.05, 0.1) is 11.3 Å². The second kappa shape index (κ2) is 6.02. The molecule has 112 valence electrons. The molecule has 5 heteroatoms. The predicted molar refractivity (Wildman–Crippen MR) is 88.2 cm³/mol. The number of aryl methyl sites for hydroxylation is 1. The van der Waals surface area contributed by atoms with Crippen molar-refractivity contribution >= 4 is 16.5 Å². The monoisotopic (exact) mass is 303 g/mol. The number of pyridine rings is 1. The van der Waals surface area contributed by atoms with Crippen molar-refractivity contribution in [3.8, 4) is 11.3 Å². The van der Waals surface area contributed by atoms with Crippen molar-refractivity contribution in [2.24, 2.45) is 7.05 Å². The maximum Gasteiger partial charge on any atom is 0.259 e. The average molecular weight is 303 g/mol. The highest BCUT2D eigenvalue weighted by Gasteiger charge is 2.19. The van der Waals surface area contributed by atoms with Gasteiger partial charge in [-0.2, -0.15) is 0 Å². The Morgan fingerprint density at radius 1 is 1.43 bits per heavy atom. The Bertz CT molecular complexity index is 702. The van der Waals surface area contributed by atoms with Crippen molar-refractivity contribution in [2.75, 3.05) is 11.9 Å². The molecule has 0 fully saturated rings. The number of aromatic nitrogens is 2. The summed E-state index contributed by atoms with van der Waals surface area (Å²) < 4.78 is 1.81. The van der Waals surface area contributed by atoms with Gasteiger partial charge < -0.3 is 9.88 Å². The lowest BCUT2D eigenvalue weighted by molar-refractivity contribution is 0.780. The summed E-state index contributed by atoms with van der Waals surface area (Å²) in [7, 11) is 1.88. The molecule has 4 nitrogen and oxygen atoms in total. The Kier molecular flexibility index (Phi) is 4.10. The van der Waals surface area contributed by atoms with Crippen LogP contribution in [0.25, 0.3) is 11.3 Å². The first-order valence-electron chi connectivity index (χ1n) is 7.62. The summed E-state index contributed by atoms with van der Waals surface area (Å²) in [5.74, 6) is 0. The van der Waals surface area contributed by atoms with E-state index >= 15 is 0 Å². The first-order chi connectivity index (χ1) is 10.2. The van der Waals surface area contributed by atoms with Gasteiger partial charge in [-0.15, -0.1) is 11.3 Å². The molecule has 0 bridgehead atoms. The number of anilines is 1. The quantitative estimate of drug-likeness (QED) is 0.863.